The molecule has 3 N–H and O–H groups in total. The molecule has 4 amide bonds. The standard InChI is InChI=1S/C33H46N4O5/c1-6-36(7-2)31(41)25-12-16-27(17-13-25)35-32(42)37(28-18-14-26(15-19-28)33(3,4)5)22-23-8-10-24(11-9-23)30(40)34-21-20-29(38)39/h8-13,16-17,26,28H,6-7,14-15,18-22H2,1-5H3,(H,34,40)(H,35,42)(H,38,39). The first kappa shape index (κ1) is 32.6. The summed E-state index contributed by atoms with van der Waals surface area (Å²) in [5.41, 5.74) is 2.76. The largest absolute Gasteiger partial charge is 0.481 e. The summed E-state index contributed by atoms with van der Waals surface area (Å²) in [6, 6.07) is 14.0. The maximum absolute atomic E-state index is 13.7. The van der Waals surface area contributed by atoms with Crippen LogP contribution in [0.3, 0.4) is 0 Å². The third-order valence-electron chi connectivity index (χ3n) is 8.25. The fourth-order valence-electron chi connectivity index (χ4n) is 5.55. The second-order valence-corrected chi connectivity index (χ2v) is 12.1. The first-order valence-corrected chi connectivity index (χ1v) is 15.0. The number of carboxylic acids is 1. The van der Waals surface area contributed by atoms with Crippen LogP contribution in [-0.2, 0) is 11.3 Å². The lowest BCUT2D eigenvalue weighted by molar-refractivity contribution is -0.136. The molecule has 0 saturated heterocycles. The molecule has 1 aliphatic carbocycles. The molecule has 1 saturated carbocycles. The Bertz CT molecular complexity index is 1210. The normalized spacial score (nSPS) is 16.8. The van der Waals surface area contributed by atoms with Crippen LogP contribution in [0, 0.1) is 11.3 Å². The minimum Gasteiger partial charge on any atom is -0.481 e. The number of aliphatic carboxylic acids is 1. The van der Waals surface area contributed by atoms with Gasteiger partial charge in [-0.15, -0.1) is 0 Å². The van der Waals surface area contributed by atoms with Crippen molar-refractivity contribution in [3.05, 3.63) is 65.2 Å². The molecule has 9 nitrogen and oxygen atoms in total. The van der Waals surface area contributed by atoms with E-state index in [0.29, 0.717) is 42.4 Å². The zero-order chi connectivity index (χ0) is 30.9. The lowest BCUT2D eigenvalue weighted by atomic mass is 9.71. The minimum atomic E-state index is -0.968. The van der Waals surface area contributed by atoms with E-state index in [9.17, 15) is 19.2 Å². The monoisotopic (exact) mass is 578 g/mol. The van der Waals surface area contributed by atoms with Crippen molar-refractivity contribution >= 4 is 29.5 Å². The zero-order valence-corrected chi connectivity index (χ0v) is 25.6. The van der Waals surface area contributed by atoms with E-state index in [1.54, 1.807) is 41.3 Å². The number of carboxylic acid groups (broad SMARTS) is 1. The van der Waals surface area contributed by atoms with E-state index in [-0.39, 0.29) is 42.3 Å². The van der Waals surface area contributed by atoms with Crippen LogP contribution < -0.4 is 10.6 Å². The van der Waals surface area contributed by atoms with E-state index >= 15 is 0 Å². The molecule has 42 heavy (non-hydrogen) atoms. The summed E-state index contributed by atoms with van der Waals surface area (Å²) in [6.07, 6.45) is 3.79. The second-order valence-electron chi connectivity index (χ2n) is 12.1. The molecule has 228 valence electrons. The molecule has 2 aromatic carbocycles. The van der Waals surface area contributed by atoms with Crippen molar-refractivity contribution in [2.45, 2.75) is 79.3 Å². The van der Waals surface area contributed by atoms with Gasteiger partial charge in [0.25, 0.3) is 11.8 Å². The van der Waals surface area contributed by atoms with Gasteiger partial charge in [-0.1, -0.05) is 32.9 Å². The Kier molecular flexibility index (Phi) is 11.5. The van der Waals surface area contributed by atoms with Crippen molar-refractivity contribution in [3.63, 3.8) is 0 Å². The number of nitrogens with zero attached hydrogens (tertiary/aromatic N) is 2. The highest BCUT2D eigenvalue weighted by atomic mass is 16.4. The van der Waals surface area contributed by atoms with Crippen LogP contribution in [0.25, 0.3) is 0 Å². The van der Waals surface area contributed by atoms with Gasteiger partial charge in [-0.3, -0.25) is 14.4 Å². The van der Waals surface area contributed by atoms with E-state index in [1.165, 1.54) is 0 Å². The molecule has 0 bridgehead atoms. The summed E-state index contributed by atoms with van der Waals surface area (Å²) >= 11 is 0. The number of carbonyl (C=O) groups excluding carboxylic acids is 3. The number of rotatable bonds is 11. The van der Waals surface area contributed by atoms with E-state index in [2.05, 4.69) is 31.4 Å². The average molecular weight is 579 g/mol. The predicted molar refractivity (Wildman–Crippen MR) is 164 cm³/mol. The third kappa shape index (κ3) is 9.06. The topological polar surface area (TPSA) is 119 Å². The first-order valence-electron chi connectivity index (χ1n) is 15.0. The SMILES string of the molecule is CCN(CC)C(=O)c1ccc(NC(=O)N(Cc2ccc(C(=O)NCCC(=O)O)cc2)C2CCC(C(C)(C)C)CC2)cc1. The van der Waals surface area contributed by atoms with E-state index in [4.69, 9.17) is 5.11 Å². The van der Waals surface area contributed by atoms with Crippen LogP contribution in [0.5, 0.6) is 0 Å². The molecule has 0 atom stereocenters. The van der Waals surface area contributed by atoms with Crippen LogP contribution in [-0.4, -0.2) is 64.4 Å². The van der Waals surface area contributed by atoms with Crippen LogP contribution in [0.1, 0.15) is 93.0 Å². The van der Waals surface area contributed by atoms with Gasteiger partial charge in [0.1, 0.15) is 0 Å². The number of hydrogen-bond acceptors (Lipinski definition) is 4. The Hall–Kier alpha value is -3.88. The Morgan fingerprint density at radius 2 is 1.43 bits per heavy atom. The van der Waals surface area contributed by atoms with Gasteiger partial charge in [-0.05, 0) is 92.8 Å². The van der Waals surface area contributed by atoms with Gasteiger partial charge in [-0.2, -0.15) is 0 Å². The van der Waals surface area contributed by atoms with Crippen LogP contribution in [0.2, 0.25) is 0 Å². The quantitative estimate of drug-likeness (QED) is 0.302. The number of nitrogens with one attached hydrogen (secondary N) is 2. The average Bonchev–Trinajstić information content (AvgIpc) is 2.96. The molecule has 0 unspecified atom stereocenters. The predicted octanol–water partition coefficient (Wildman–Crippen LogP) is 6.01. The van der Waals surface area contributed by atoms with E-state index < -0.39 is 5.97 Å². The maximum Gasteiger partial charge on any atom is 0.322 e. The molecular formula is C33H46N4O5. The summed E-state index contributed by atoms with van der Waals surface area (Å²) in [7, 11) is 0. The lowest BCUT2D eigenvalue weighted by Gasteiger charge is -2.41. The van der Waals surface area contributed by atoms with Crippen molar-refractivity contribution in [1.82, 2.24) is 15.1 Å². The molecule has 0 heterocycles. The van der Waals surface area contributed by atoms with Crippen molar-refractivity contribution in [1.29, 1.82) is 0 Å². The smallest absolute Gasteiger partial charge is 0.322 e. The molecule has 0 aromatic heterocycles. The van der Waals surface area contributed by atoms with Gasteiger partial charge in [0.2, 0.25) is 0 Å². The van der Waals surface area contributed by atoms with E-state index in [0.717, 1.165) is 31.2 Å². The first-order chi connectivity index (χ1) is 19.9. The van der Waals surface area contributed by atoms with Gasteiger partial charge in [-0.25, -0.2) is 4.79 Å². The molecule has 3 rings (SSSR count). The van der Waals surface area contributed by atoms with E-state index in [1.807, 2.05) is 30.9 Å². The number of anilines is 1. The molecule has 2 aromatic rings. The zero-order valence-electron chi connectivity index (χ0n) is 25.6. The fourth-order valence-corrected chi connectivity index (χ4v) is 5.55. The molecular weight excluding hydrogens is 532 g/mol. The molecule has 1 fully saturated rings. The van der Waals surface area contributed by atoms with Crippen molar-refractivity contribution in [2.75, 3.05) is 25.0 Å². The molecule has 0 aliphatic heterocycles. The van der Waals surface area contributed by atoms with Crippen molar-refractivity contribution in [2.24, 2.45) is 11.3 Å². The van der Waals surface area contributed by atoms with Gasteiger partial charge in [0, 0.05) is 49.0 Å². The lowest BCUT2D eigenvalue weighted by Crippen LogP contribution is -2.45. The molecule has 1 aliphatic rings. The molecule has 0 radical (unpaired) electrons. The molecule has 0 spiro atoms. The Balaban J connectivity index is 1.74. The molecule has 9 heteroatoms. The number of hydrogen-bond donors (Lipinski definition) is 3. The van der Waals surface area contributed by atoms with Crippen LogP contribution in [0.4, 0.5) is 10.5 Å². The highest BCUT2D eigenvalue weighted by Gasteiger charge is 2.33. The summed E-state index contributed by atoms with van der Waals surface area (Å²) in [4.78, 5) is 53.1. The fraction of sp³-hybridized carbons (Fsp3) is 0.515. The van der Waals surface area contributed by atoms with Gasteiger partial charge in [0.05, 0.1) is 6.42 Å². The maximum atomic E-state index is 13.7. The van der Waals surface area contributed by atoms with Crippen molar-refractivity contribution in [3.8, 4) is 0 Å². The summed E-state index contributed by atoms with van der Waals surface area (Å²) in [5.74, 6) is -0.729. The number of carbonyl (C=O) groups is 4. The number of urea groups is 1. The number of amides is 4. The highest BCUT2D eigenvalue weighted by Crippen LogP contribution is 2.39. The van der Waals surface area contributed by atoms with Crippen LogP contribution >= 0.6 is 0 Å². The van der Waals surface area contributed by atoms with Crippen molar-refractivity contribution < 1.29 is 24.3 Å². The van der Waals surface area contributed by atoms with Crippen LogP contribution in [0.15, 0.2) is 48.5 Å². The summed E-state index contributed by atoms with van der Waals surface area (Å²) in [5, 5.41) is 14.4. The van der Waals surface area contributed by atoms with Gasteiger partial charge < -0.3 is 25.5 Å². The Labute approximate surface area is 249 Å². The Morgan fingerprint density at radius 3 is 1.95 bits per heavy atom. The highest BCUT2D eigenvalue weighted by molar-refractivity contribution is 5.96. The summed E-state index contributed by atoms with van der Waals surface area (Å²) in [6.45, 7) is 12.4. The third-order valence-corrected chi connectivity index (χ3v) is 8.25. The Morgan fingerprint density at radius 1 is 0.857 bits per heavy atom. The number of benzene rings is 2. The summed E-state index contributed by atoms with van der Waals surface area (Å²) < 4.78 is 0. The minimum absolute atomic E-state index is 0.0332. The second kappa shape index (κ2) is 14.8. The van der Waals surface area contributed by atoms with Gasteiger partial charge >= 0.3 is 12.0 Å². The van der Waals surface area contributed by atoms with Gasteiger partial charge in [0.15, 0.2) is 0 Å².